The molecule has 0 amide bonds. The van der Waals surface area contributed by atoms with Gasteiger partial charge < -0.3 is 4.74 Å². The summed E-state index contributed by atoms with van der Waals surface area (Å²) in [5.74, 6) is 0.898. The summed E-state index contributed by atoms with van der Waals surface area (Å²) < 4.78 is 5.60. The van der Waals surface area contributed by atoms with E-state index in [2.05, 4.69) is 31.7 Å². The molecule has 0 saturated heterocycles. The maximum absolute atomic E-state index is 5.60. The van der Waals surface area contributed by atoms with Crippen LogP contribution in [0, 0.1) is 0 Å². The quantitative estimate of drug-likeness (QED) is 0.749. The maximum Gasteiger partial charge on any atom is 0.130 e. The summed E-state index contributed by atoms with van der Waals surface area (Å²) in [6.07, 6.45) is 11.2. The summed E-state index contributed by atoms with van der Waals surface area (Å²) in [5.41, 5.74) is 6.02. The Morgan fingerprint density at radius 3 is 2.91 bits per heavy atom. The molecular weight excluding hydrogens is 270 g/mol. The number of hydrogen-bond donors (Lipinski definition) is 0. The molecule has 1 aromatic carbocycles. The van der Waals surface area contributed by atoms with Crippen molar-refractivity contribution in [2.24, 2.45) is 0 Å². The number of allylic oxidation sites excluding steroid dienone is 5. The average Bonchev–Trinajstić information content (AvgIpc) is 3.02. The number of aromatic nitrogens is 1. The van der Waals surface area contributed by atoms with Crippen molar-refractivity contribution in [3.8, 4) is 5.75 Å². The number of benzene rings is 1. The van der Waals surface area contributed by atoms with Crippen LogP contribution in [-0.2, 0) is 12.8 Å². The first-order chi connectivity index (χ1) is 10.7. The Labute approximate surface area is 131 Å². The summed E-state index contributed by atoms with van der Waals surface area (Å²) in [6, 6.07) is 6.40. The second-order valence-corrected chi connectivity index (χ2v) is 5.63. The van der Waals surface area contributed by atoms with Crippen LogP contribution >= 0.6 is 0 Å². The lowest BCUT2D eigenvalue weighted by Gasteiger charge is -2.12. The molecule has 3 rings (SSSR count). The monoisotopic (exact) mass is 291 g/mol. The van der Waals surface area contributed by atoms with Crippen LogP contribution in [0.3, 0.4) is 0 Å². The van der Waals surface area contributed by atoms with Crippen molar-refractivity contribution in [1.29, 1.82) is 0 Å². The number of aryl methyl sites for hydroxylation is 2. The predicted octanol–water partition coefficient (Wildman–Crippen LogP) is 4.88. The second-order valence-electron chi connectivity index (χ2n) is 5.63. The molecule has 0 aliphatic heterocycles. The fourth-order valence-electron chi connectivity index (χ4n) is 3.06. The largest absolute Gasteiger partial charge is 0.496 e. The molecule has 112 valence electrons. The first kappa shape index (κ1) is 14.6. The van der Waals surface area contributed by atoms with E-state index in [-0.39, 0.29) is 0 Å². The Hall–Kier alpha value is -2.35. The van der Waals surface area contributed by atoms with E-state index >= 15 is 0 Å². The van der Waals surface area contributed by atoms with Gasteiger partial charge in [0.15, 0.2) is 0 Å². The van der Waals surface area contributed by atoms with Crippen LogP contribution in [0.15, 0.2) is 49.1 Å². The lowest BCUT2D eigenvalue weighted by atomic mass is 10.0. The third kappa shape index (κ3) is 2.57. The summed E-state index contributed by atoms with van der Waals surface area (Å²) >= 11 is 0. The zero-order chi connectivity index (χ0) is 15.5. The third-order valence-electron chi connectivity index (χ3n) is 4.24. The highest BCUT2D eigenvalue weighted by molar-refractivity contribution is 5.90. The van der Waals surface area contributed by atoms with Gasteiger partial charge in [-0.1, -0.05) is 36.9 Å². The standard InChI is InChI=1S/C20H21NO/c1-4-5-6-8-14(2)18-13-19(22-3)17-12-11-15-9-7-10-16(15)20(17)21-18/h4-6,8,11-13H,1,7,9-10H2,2-3H3/b6-5-,14-8+. The molecule has 0 spiro atoms. The molecule has 1 aromatic heterocycles. The van der Waals surface area contributed by atoms with E-state index in [1.165, 1.54) is 17.5 Å². The van der Waals surface area contributed by atoms with Crippen molar-refractivity contribution in [1.82, 2.24) is 4.98 Å². The highest BCUT2D eigenvalue weighted by Crippen LogP contribution is 2.34. The lowest BCUT2D eigenvalue weighted by molar-refractivity contribution is 0.419. The number of methoxy groups -OCH3 is 1. The SMILES string of the molecule is C=C/C=C\C=C(/C)c1cc(OC)c2ccc3c(c2n1)CCC3. The van der Waals surface area contributed by atoms with Gasteiger partial charge in [0.05, 0.1) is 18.3 Å². The molecule has 0 N–H and O–H groups in total. The van der Waals surface area contributed by atoms with E-state index in [4.69, 9.17) is 9.72 Å². The van der Waals surface area contributed by atoms with E-state index in [0.29, 0.717) is 0 Å². The number of hydrogen-bond acceptors (Lipinski definition) is 2. The molecule has 0 unspecified atom stereocenters. The molecule has 2 nitrogen and oxygen atoms in total. The topological polar surface area (TPSA) is 22.1 Å². The second kappa shape index (κ2) is 6.18. The molecule has 0 fully saturated rings. The van der Waals surface area contributed by atoms with Crippen molar-refractivity contribution >= 4 is 16.5 Å². The zero-order valence-electron chi connectivity index (χ0n) is 13.2. The van der Waals surface area contributed by atoms with Gasteiger partial charge in [0, 0.05) is 11.5 Å². The number of nitrogens with zero attached hydrogens (tertiary/aromatic N) is 1. The van der Waals surface area contributed by atoms with Crippen LogP contribution in [-0.4, -0.2) is 12.1 Å². The van der Waals surface area contributed by atoms with Gasteiger partial charge in [-0.2, -0.15) is 0 Å². The number of ether oxygens (including phenoxy) is 1. The van der Waals surface area contributed by atoms with Crippen LogP contribution in [0.5, 0.6) is 5.75 Å². The molecule has 2 heteroatoms. The highest BCUT2D eigenvalue weighted by Gasteiger charge is 2.17. The summed E-state index contributed by atoms with van der Waals surface area (Å²) in [6.45, 7) is 5.76. The molecule has 0 bridgehead atoms. The Morgan fingerprint density at radius 1 is 1.27 bits per heavy atom. The fraction of sp³-hybridized carbons (Fsp3) is 0.250. The van der Waals surface area contributed by atoms with Crippen LogP contribution < -0.4 is 4.74 Å². The Kier molecular flexibility index (Phi) is 4.10. The molecule has 22 heavy (non-hydrogen) atoms. The van der Waals surface area contributed by atoms with Crippen molar-refractivity contribution in [2.75, 3.05) is 7.11 Å². The third-order valence-corrected chi connectivity index (χ3v) is 4.24. The predicted molar refractivity (Wildman–Crippen MR) is 93.3 cm³/mol. The normalized spacial score (nSPS) is 14.5. The zero-order valence-corrected chi connectivity index (χ0v) is 13.2. The van der Waals surface area contributed by atoms with Gasteiger partial charge in [-0.15, -0.1) is 0 Å². The summed E-state index contributed by atoms with van der Waals surface area (Å²) in [4.78, 5) is 4.93. The molecule has 0 radical (unpaired) electrons. The van der Waals surface area contributed by atoms with Crippen LogP contribution in [0.25, 0.3) is 16.5 Å². The summed E-state index contributed by atoms with van der Waals surface area (Å²) in [5, 5.41) is 1.11. The number of rotatable bonds is 4. The van der Waals surface area contributed by atoms with E-state index < -0.39 is 0 Å². The van der Waals surface area contributed by atoms with Gasteiger partial charge in [-0.05, 0) is 49.0 Å². The first-order valence-electron chi connectivity index (χ1n) is 7.70. The first-order valence-corrected chi connectivity index (χ1v) is 7.70. The smallest absolute Gasteiger partial charge is 0.130 e. The number of pyridine rings is 1. The van der Waals surface area contributed by atoms with Crippen molar-refractivity contribution < 1.29 is 4.74 Å². The Morgan fingerprint density at radius 2 is 2.14 bits per heavy atom. The maximum atomic E-state index is 5.60. The molecule has 0 saturated carbocycles. The van der Waals surface area contributed by atoms with Gasteiger partial charge in [-0.25, -0.2) is 4.98 Å². The van der Waals surface area contributed by atoms with Gasteiger partial charge in [-0.3, -0.25) is 0 Å². The van der Waals surface area contributed by atoms with Gasteiger partial charge >= 0.3 is 0 Å². The van der Waals surface area contributed by atoms with Crippen LogP contribution in [0.1, 0.15) is 30.2 Å². The molecule has 0 atom stereocenters. The fourth-order valence-corrected chi connectivity index (χ4v) is 3.06. The van der Waals surface area contributed by atoms with E-state index in [1.807, 2.05) is 18.2 Å². The number of fused-ring (bicyclic) bond motifs is 3. The van der Waals surface area contributed by atoms with E-state index in [0.717, 1.165) is 40.8 Å². The molecule has 1 aliphatic rings. The molecule has 1 heterocycles. The minimum atomic E-state index is 0.898. The van der Waals surface area contributed by atoms with Crippen LogP contribution in [0.4, 0.5) is 0 Å². The lowest BCUT2D eigenvalue weighted by Crippen LogP contribution is -1.96. The molecule has 1 aliphatic carbocycles. The summed E-state index contributed by atoms with van der Waals surface area (Å²) in [7, 11) is 1.72. The van der Waals surface area contributed by atoms with Crippen molar-refractivity contribution in [3.63, 3.8) is 0 Å². The van der Waals surface area contributed by atoms with Crippen molar-refractivity contribution in [2.45, 2.75) is 26.2 Å². The van der Waals surface area contributed by atoms with E-state index in [9.17, 15) is 0 Å². The Bertz CT molecular complexity index is 784. The highest BCUT2D eigenvalue weighted by atomic mass is 16.5. The van der Waals surface area contributed by atoms with E-state index in [1.54, 1.807) is 13.2 Å². The van der Waals surface area contributed by atoms with Crippen molar-refractivity contribution in [3.05, 3.63) is 65.9 Å². The molecular formula is C20H21NO. The molecule has 2 aromatic rings. The van der Waals surface area contributed by atoms with Crippen LogP contribution in [0.2, 0.25) is 0 Å². The Balaban J connectivity index is 2.18. The average molecular weight is 291 g/mol. The van der Waals surface area contributed by atoms with Gasteiger partial charge in [0.1, 0.15) is 5.75 Å². The minimum Gasteiger partial charge on any atom is -0.496 e. The van der Waals surface area contributed by atoms with Gasteiger partial charge in [0.2, 0.25) is 0 Å². The minimum absolute atomic E-state index is 0.898. The van der Waals surface area contributed by atoms with Gasteiger partial charge in [0.25, 0.3) is 0 Å².